The Morgan fingerprint density at radius 1 is 1.04 bits per heavy atom. The summed E-state index contributed by atoms with van der Waals surface area (Å²) in [7, 11) is 2.97. The van der Waals surface area contributed by atoms with Crippen LogP contribution in [0.5, 0.6) is 5.75 Å². The molecule has 3 rings (SSSR count). The van der Waals surface area contributed by atoms with E-state index in [0.29, 0.717) is 11.3 Å². The van der Waals surface area contributed by atoms with Crippen LogP contribution in [0.2, 0.25) is 0 Å². The molecule has 1 atom stereocenters. The number of rotatable bonds is 6. The number of oxime groups is 1. The fraction of sp³-hybridized carbons (Fsp3) is 0.143. The Bertz CT molecular complexity index is 1020. The van der Waals surface area contributed by atoms with Crippen molar-refractivity contribution in [3.05, 3.63) is 71.8 Å². The van der Waals surface area contributed by atoms with Crippen LogP contribution in [0.3, 0.4) is 0 Å². The van der Waals surface area contributed by atoms with Gasteiger partial charge in [0.1, 0.15) is 5.75 Å². The molecule has 1 unspecified atom stereocenters. The van der Waals surface area contributed by atoms with Gasteiger partial charge in [-0.15, -0.1) is 0 Å². The van der Waals surface area contributed by atoms with E-state index in [-0.39, 0.29) is 5.84 Å². The Morgan fingerprint density at radius 2 is 1.71 bits per heavy atom. The molecule has 0 spiro atoms. The number of benzene rings is 3. The molecule has 7 nitrogen and oxygen atoms in total. The number of carbonyl (C=O) groups is 1. The van der Waals surface area contributed by atoms with Gasteiger partial charge in [-0.05, 0) is 58.8 Å². The highest BCUT2D eigenvalue weighted by Crippen LogP contribution is 2.27. The molecule has 0 aromatic heterocycles. The van der Waals surface area contributed by atoms with Gasteiger partial charge in [-0.25, -0.2) is 4.79 Å². The van der Waals surface area contributed by atoms with Gasteiger partial charge in [0.2, 0.25) is 0 Å². The van der Waals surface area contributed by atoms with Crippen LogP contribution in [-0.4, -0.2) is 31.2 Å². The zero-order chi connectivity index (χ0) is 20.1. The minimum Gasteiger partial charge on any atom is -0.497 e. The summed E-state index contributed by atoms with van der Waals surface area (Å²) in [5.74, 6) is 0.378. The first-order chi connectivity index (χ1) is 13.5. The first-order valence-electron chi connectivity index (χ1n) is 8.55. The van der Waals surface area contributed by atoms with E-state index < -0.39 is 12.0 Å². The highest BCUT2D eigenvalue weighted by molar-refractivity contribution is 5.97. The van der Waals surface area contributed by atoms with Gasteiger partial charge in [0.05, 0.1) is 14.2 Å². The van der Waals surface area contributed by atoms with E-state index in [0.717, 1.165) is 22.1 Å². The van der Waals surface area contributed by atoms with Crippen LogP contribution in [0, 0.1) is 0 Å². The van der Waals surface area contributed by atoms with E-state index >= 15 is 0 Å². The minimum atomic E-state index is -0.689. The number of esters is 1. The number of ether oxygens (including phenoxy) is 2. The number of anilines is 1. The van der Waals surface area contributed by atoms with Gasteiger partial charge in [0.25, 0.3) is 0 Å². The van der Waals surface area contributed by atoms with Gasteiger partial charge >= 0.3 is 5.97 Å². The lowest BCUT2D eigenvalue weighted by atomic mass is 10.0. The quantitative estimate of drug-likeness (QED) is 0.200. The largest absolute Gasteiger partial charge is 0.497 e. The molecule has 0 radical (unpaired) electrons. The highest BCUT2D eigenvalue weighted by Gasteiger charge is 2.21. The molecule has 0 heterocycles. The summed E-state index contributed by atoms with van der Waals surface area (Å²) in [5.41, 5.74) is 7.61. The number of nitrogens with zero attached hydrogens (tertiary/aromatic N) is 1. The van der Waals surface area contributed by atoms with Gasteiger partial charge in [-0.3, -0.25) is 0 Å². The molecule has 0 aliphatic carbocycles. The van der Waals surface area contributed by atoms with Crippen LogP contribution in [0.15, 0.2) is 65.8 Å². The van der Waals surface area contributed by atoms with Crippen molar-refractivity contribution in [3.63, 3.8) is 0 Å². The van der Waals surface area contributed by atoms with Crippen LogP contribution in [0.1, 0.15) is 17.2 Å². The molecule has 0 aliphatic heterocycles. The second-order valence-corrected chi connectivity index (χ2v) is 6.14. The number of nitrogens with one attached hydrogen (secondary N) is 1. The average molecular weight is 379 g/mol. The zero-order valence-electron chi connectivity index (χ0n) is 15.5. The molecule has 144 valence electrons. The Balaban J connectivity index is 1.92. The molecule has 3 aromatic rings. The second-order valence-electron chi connectivity index (χ2n) is 6.14. The fourth-order valence-electron chi connectivity index (χ4n) is 2.91. The molecule has 0 amide bonds. The van der Waals surface area contributed by atoms with E-state index in [4.69, 9.17) is 20.4 Å². The third-order valence-electron chi connectivity index (χ3n) is 4.44. The highest BCUT2D eigenvalue weighted by atomic mass is 16.5. The molecule has 28 heavy (non-hydrogen) atoms. The van der Waals surface area contributed by atoms with E-state index in [2.05, 4.69) is 10.5 Å². The predicted octanol–water partition coefficient (Wildman–Crippen LogP) is 3.27. The molecule has 3 aromatic carbocycles. The van der Waals surface area contributed by atoms with Gasteiger partial charge in [0, 0.05) is 11.3 Å². The van der Waals surface area contributed by atoms with Crippen molar-refractivity contribution in [3.8, 4) is 5.75 Å². The van der Waals surface area contributed by atoms with E-state index in [1.54, 1.807) is 31.4 Å². The zero-order valence-corrected chi connectivity index (χ0v) is 15.5. The maximum atomic E-state index is 12.4. The SMILES string of the molecule is COC(=O)C(Nc1ccc(/C(N)=N/O)cc1)c1ccc2cc(OC)ccc2c1. The minimum absolute atomic E-state index is 0.0148. The van der Waals surface area contributed by atoms with Crippen molar-refractivity contribution in [1.29, 1.82) is 0 Å². The molecular formula is C21H21N3O4. The molecule has 0 saturated carbocycles. The van der Waals surface area contributed by atoms with Crippen LogP contribution >= 0.6 is 0 Å². The topological polar surface area (TPSA) is 106 Å². The summed E-state index contributed by atoms with van der Waals surface area (Å²) in [6, 6.07) is 17.7. The van der Waals surface area contributed by atoms with E-state index in [1.807, 2.05) is 36.4 Å². The summed E-state index contributed by atoms with van der Waals surface area (Å²) >= 11 is 0. The number of carbonyl (C=O) groups excluding carboxylic acids is 1. The van der Waals surface area contributed by atoms with Gasteiger partial charge < -0.3 is 25.7 Å². The summed E-state index contributed by atoms with van der Waals surface area (Å²) in [6.45, 7) is 0. The van der Waals surface area contributed by atoms with Crippen LogP contribution < -0.4 is 15.8 Å². The van der Waals surface area contributed by atoms with Gasteiger partial charge in [0.15, 0.2) is 11.9 Å². The first-order valence-corrected chi connectivity index (χ1v) is 8.55. The number of fused-ring (bicyclic) bond motifs is 1. The summed E-state index contributed by atoms with van der Waals surface area (Å²) in [5, 5.41) is 16.9. The van der Waals surface area contributed by atoms with Crippen molar-refractivity contribution in [2.75, 3.05) is 19.5 Å². The van der Waals surface area contributed by atoms with Crippen LogP contribution in [0.25, 0.3) is 10.8 Å². The average Bonchev–Trinajstić information content (AvgIpc) is 2.76. The predicted molar refractivity (Wildman–Crippen MR) is 108 cm³/mol. The van der Waals surface area contributed by atoms with Gasteiger partial charge in [-0.2, -0.15) is 0 Å². The number of hydrogen-bond donors (Lipinski definition) is 3. The maximum Gasteiger partial charge on any atom is 0.332 e. The van der Waals surface area contributed by atoms with Crippen molar-refractivity contribution >= 4 is 28.3 Å². The summed E-state index contributed by atoms with van der Waals surface area (Å²) < 4.78 is 10.2. The molecule has 0 saturated heterocycles. The number of nitrogens with two attached hydrogens (primary N) is 1. The van der Waals surface area contributed by atoms with Crippen molar-refractivity contribution in [2.24, 2.45) is 10.9 Å². The summed E-state index contributed by atoms with van der Waals surface area (Å²) in [6.07, 6.45) is 0. The lowest BCUT2D eigenvalue weighted by molar-refractivity contribution is -0.141. The fourth-order valence-corrected chi connectivity index (χ4v) is 2.91. The Hall–Kier alpha value is -3.74. The van der Waals surface area contributed by atoms with Crippen LogP contribution in [-0.2, 0) is 9.53 Å². The molecular weight excluding hydrogens is 358 g/mol. The van der Waals surface area contributed by atoms with Crippen molar-refractivity contribution in [2.45, 2.75) is 6.04 Å². The Morgan fingerprint density at radius 3 is 2.36 bits per heavy atom. The maximum absolute atomic E-state index is 12.4. The third kappa shape index (κ3) is 3.98. The van der Waals surface area contributed by atoms with Crippen molar-refractivity contribution < 1.29 is 19.5 Å². The number of amidine groups is 1. The molecule has 7 heteroatoms. The Labute approximate surface area is 162 Å². The lowest BCUT2D eigenvalue weighted by Crippen LogP contribution is -2.22. The number of methoxy groups -OCH3 is 2. The smallest absolute Gasteiger partial charge is 0.332 e. The summed E-state index contributed by atoms with van der Waals surface area (Å²) in [4.78, 5) is 12.4. The van der Waals surface area contributed by atoms with Gasteiger partial charge in [-0.1, -0.05) is 23.4 Å². The molecule has 0 bridgehead atoms. The standard InChI is InChI=1S/C21H21N3O4/c1-27-18-10-7-14-11-16(4-3-15(14)12-18)19(21(25)28-2)23-17-8-5-13(6-9-17)20(22)24-26/h3-12,19,23,26H,1-2H3,(H2,22,24). The molecule has 4 N–H and O–H groups in total. The normalized spacial score (nSPS) is 12.4. The molecule has 0 fully saturated rings. The lowest BCUT2D eigenvalue weighted by Gasteiger charge is -2.19. The monoisotopic (exact) mass is 379 g/mol. The van der Waals surface area contributed by atoms with E-state index in [1.165, 1.54) is 7.11 Å². The third-order valence-corrected chi connectivity index (χ3v) is 4.44. The Kier molecular flexibility index (Phi) is 5.64. The van der Waals surface area contributed by atoms with Crippen molar-refractivity contribution in [1.82, 2.24) is 0 Å². The van der Waals surface area contributed by atoms with Crippen LogP contribution in [0.4, 0.5) is 5.69 Å². The van der Waals surface area contributed by atoms with E-state index in [9.17, 15) is 4.79 Å². The molecule has 0 aliphatic rings. The first kappa shape index (κ1) is 19.0. The second kappa shape index (κ2) is 8.30. The number of hydrogen-bond acceptors (Lipinski definition) is 6.